The van der Waals surface area contributed by atoms with Gasteiger partial charge in [-0.1, -0.05) is 36.4 Å². The van der Waals surface area contributed by atoms with Gasteiger partial charge in [0.2, 0.25) is 5.91 Å². The summed E-state index contributed by atoms with van der Waals surface area (Å²) in [6.45, 7) is 4.10. The number of anilines is 1. The van der Waals surface area contributed by atoms with E-state index in [1.165, 1.54) is 30.5 Å². The molecule has 4 aromatic rings. The second-order valence-electron chi connectivity index (χ2n) is 7.96. The smallest absolute Gasteiger partial charge is 0.262 e. The van der Waals surface area contributed by atoms with Crippen molar-refractivity contribution in [3.05, 3.63) is 76.5 Å². The number of thioether (sulfide) groups is 1. The normalized spacial score (nSPS) is 11.9. The minimum Gasteiger partial charge on any atom is -0.493 e. The third kappa shape index (κ3) is 5.35. The van der Waals surface area contributed by atoms with E-state index >= 15 is 0 Å². The number of furan rings is 1. The number of aryl methyl sites for hydroxylation is 1. The number of nitrogens with one attached hydrogen (secondary N) is 1. The molecule has 1 unspecified atom stereocenters. The van der Waals surface area contributed by atoms with E-state index in [1.54, 1.807) is 30.5 Å². The van der Waals surface area contributed by atoms with Gasteiger partial charge in [0.25, 0.3) is 5.56 Å². The molecular weight excluding hydrogens is 466 g/mol. The summed E-state index contributed by atoms with van der Waals surface area (Å²) in [6.07, 6.45) is 2.10. The van der Waals surface area contributed by atoms with Crippen LogP contribution in [0.2, 0.25) is 0 Å². The highest BCUT2D eigenvalue weighted by Gasteiger charge is 2.23. The monoisotopic (exact) mass is 493 g/mol. The van der Waals surface area contributed by atoms with Crippen LogP contribution < -0.4 is 20.3 Å². The van der Waals surface area contributed by atoms with Gasteiger partial charge in [0.1, 0.15) is 5.76 Å². The second-order valence-corrected chi connectivity index (χ2v) is 9.13. The molecule has 0 radical (unpaired) electrons. The number of benzene rings is 2. The van der Waals surface area contributed by atoms with Crippen molar-refractivity contribution in [2.24, 2.45) is 0 Å². The van der Waals surface area contributed by atoms with Gasteiger partial charge < -0.3 is 19.2 Å². The van der Waals surface area contributed by atoms with Gasteiger partial charge in [0, 0.05) is 11.8 Å². The van der Waals surface area contributed by atoms with Gasteiger partial charge in [-0.25, -0.2) is 4.98 Å². The summed E-state index contributed by atoms with van der Waals surface area (Å²) >= 11 is 1.25. The average Bonchev–Trinajstić information content (AvgIpc) is 3.38. The number of amides is 1. The fraction of sp³-hybridized carbons (Fsp3) is 0.269. The number of carbonyl (C=O) groups is 1. The maximum Gasteiger partial charge on any atom is 0.262 e. The lowest BCUT2D eigenvalue weighted by Gasteiger charge is -2.18. The van der Waals surface area contributed by atoms with Gasteiger partial charge in [0.05, 0.1) is 43.2 Å². The van der Waals surface area contributed by atoms with Crippen LogP contribution in [0.4, 0.5) is 5.69 Å². The maximum atomic E-state index is 13.6. The van der Waals surface area contributed by atoms with E-state index in [0.717, 1.165) is 11.3 Å². The van der Waals surface area contributed by atoms with Gasteiger partial charge in [-0.15, -0.1) is 0 Å². The van der Waals surface area contributed by atoms with Gasteiger partial charge in [-0.2, -0.15) is 0 Å². The van der Waals surface area contributed by atoms with Crippen molar-refractivity contribution < 1.29 is 18.7 Å². The van der Waals surface area contributed by atoms with E-state index in [4.69, 9.17) is 18.9 Å². The molecule has 2 aromatic heterocycles. The lowest BCUT2D eigenvalue weighted by atomic mass is 10.2. The largest absolute Gasteiger partial charge is 0.493 e. The van der Waals surface area contributed by atoms with Gasteiger partial charge >= 0.3 is 0 Å². The van der Waals surface area contributed by atoms with Crippen LogP contribution in [-0.4, -0.2) is 34.9 Å². The number of rotatable bonds is 9. The summed E-state index contributed by atoms with van der Waals surface area (Å²) < 4.78 is 17.8. The molecule has 35 heavy (non-hydrogen) atoms. The molecule has 0 bridgehead atoms. The van der Waals surface area contributed by atoms with Crippen molar-refractivity contribution in [3.8, 4) is 11.5 Å². The fourth-order valence-corrected chi connectivity index (χ4v) is 4.64. The van der Waals surface area contributed by atoms with E-state index in [1.807, 2.05) is 38.1 Å². The summed E-state index contributed by atoms with van der Waals surface area (Å²) in [5.41, 5.74) is 2.03. The first-order valence-electron chi connectivity index (χ1n) is 11.2. The summed E-state index contributed by atoms with van der Waals surface area (Å²) in [5, 5.41) is 3.29. The standard InChI is InChI=1S/C26H27N3O5S/c1-5-23(24(30)27-17-10-8-16(2)9-11-17)35-26-28-20-14-22(33-4)21(32-3)13-19(20)25(31)29(26)15-18-7-6-12-34-18/h6-14,23H,5,15H2,1-4H3,(H,27,30). The SMILES string of the molecule is CCC(Sc1nc2cc(OC)c(OC)cc2c(=O)n1Cc1ccco1)C(=O)Nc1ccc(C)cc1. The first kappa shape index (κ1) is 24.4. The highest BCUT2D eigenvalue weighted by molar-refractivity contribution is 8.00. The first-order valence-corrected chi connectivity index (χ1v) is 12.0. The van der Waals surface area contributed by atoms with E-state index in [9.17, 15) is 9.59 Å². The Morgan fingerprint density at radius 3 is 2.49 bits per heavy atom. The number of nitrogens with zero attached hydrogens (tertiary/aromatic N) is 2. The first-order chi connectivity index (χ1) is 16.9. The van der Waals surface area contributed by atoms with E-state index in [2.05, 4.69) is 5.32 Å². The van der Waals surface area contributed by atoms with Gasteiger partial charge in [0.15, 0.2) is 16.7 Å². The quantitative estimate of drug-likeness (QED) is 0.262. The van der Waals surface area contributed by atoms with Crippen molar-refractivity contribution in [1.29, 1.82) is 0 Å². The van der Waals surface area contributed by atoms with Crippen LogP contribution in [0, 0.1) is 6.92 Å². The maximum absolute atomic E-state index is 13.6. The Morgan fingerprint density at radius 2 is 1.86 bits per heavy atom. The highest BCUT2D eigenvalue weighted by Crippen LogP contribution is 2.32. The summed E-state index contributed by atoms with van der Waals surface area (Å²) in [6, 6.07) is 14.5. The van der Waals surface area contributed by atoms with E-state index in [0.29, 0.717) is 39.7 Å². The molecule has 0 aliphatic rings. The molecule has 1 amide bonds. The molecule has 0 spiro atoms. The minimum atomic E-state index is -0.469. The Labute approximate surface area is 207 Å². The zero-order chi connectivity index (χ0) is 24.9. The Hall–Kier alpha value is -3.72. The van der Waals surface area contributed by atoms with Crippen LogP contribution in [0.25, 0.3) is 10.9 Å². The van der Waals surface area contributed by atoms with Gasteiger partial charge in [-0.05, 0) is 43.7 Å². The van der Waals surface area contributed by atoms with Crippen molar-refractivity contribution in [1.82, 2.24) is 9.55 Å². The molecule has 2 aromatic carbocycles. The third-order valence-corrected chi connectivity index (χ3v) is 6.90. The molecule has 0 aliphatic carbocycles. The minimum absolute atomic E-state index is 0.160. The third-order valence-electron chi connectivity index (χ3n) is 5.55. The lowest BCUT2D eigenvalue weighted by Crippen LogP contribution is -2.28. The Kier molecular flexibility index (Phi) is 7.45. The van der Waals surface area contributed by atoms with Crippen molar-refractivity contribution >= 4 is 34.3 Å². The van der Waals surface area contributed by atoms with Gasteiger partial charge in [-0.3, -0.25) is 14.2 Å². The molecule has 2 heterocycles. The van der Waals surface area contributed by atoms with Crippen LogP contribution >= 0.6 is 11.8 Å². The predicted molar refractivity (Wildman–Crippen MR) is 137 cm³/mol. The number of fused-ring (bicyclic) bond motifs is 1. The number of methoxy groups -OCH3 is 2. The van der Waals surface area contributed by atoms with Crippen LogP contribution in [-0.2, 0) is 11.3 Å². The second kappa shape index (κ2) is 10.7. The number of carbonyl (C=O) groups excluding carboxylic acids is 1. The van der Waals surface area contributed by atoms with E-state index in [-0.39, 0.29) is 18.0 Å². The predicted octanol–water partition coefficient (Wildman–Crippen LogP) is 4.87. The molecule has 0 fully saturated rings. The van der Waals surface area contributed by atoms with Crippen LogP contribution in [0.5, 0.6) is 11.5 Å². The summed E-state index contributed by atoms with van der Waals surface area (Å²) in [4.78, 5) is 31.4. The topological polar surface area (TPSA) is 95.6 Å². The molecule has 0 saturated carbocycles. The molecule has 1 N–H and O–H groups in total. The molecule has 9 heteroatoms. The molecule has 8 nitrogen and oxygen atoms in total. The summed E-state index contributed by atoms with van der Waals surface area (Å²) in [5.74, 6) is 1.35. The molecule has 182 valence electrons. The number of aromatic nitrogens is 2. The van der Waals surface area contributed by atoms with Crippen LogP contribution in [0.1, 0.15) is 24.7 Å². The molecule has 0 aliphatic heterocycles. The molecular formula is C26H27N3O5S. The highest BCUT2D eigenvalue weighted by atomic mass is 32.2. The number of hydrogen-bond donors (Lipinski definition) is 1. The molecule has 0 saturated heterocycles. The van der Waals surface area contributed by atoms with Crippen molar-refractivity contribution in [3.63, 3.8) is 0 Å². The van der Waals surface area contributed by atoms with E-state index < -0.39 is 5.25 Å². The summed E-state index contributed by atoms with van der Waals surface area (Å²) in [7, 11) is 3.04. The Morgan fingerprint density at radius 1 is 1.14 bits per heavy atom. The Balaban J connectivity index is 1.75. The number of ether oxygens (including phenoxy) is 2. The van der Waals surface area contributed by atoms with Crippen LogP contribution in [0.15, 0.2) is 69.2 Å². The fourth-order valence-electron chi connectivity index (χ4n) is 3.62. The Bertz CT molecular complexity index is 1380. The molecule has 1 atom stereocenters. The zero-order valence-electron chi connectivity index (χ0n) is 20.0. The lowest BCUT2D eigenvalue weighted by molar-refractivity contribution is -0.115. The average molecular weight is 494 g/mol. The zero-order valence-corrected chi connectivity index (χ0v) is 20.8. The number of hydrogen-bond acceptors (Lipinski definition) is 7. The van der Waals surface area contributed by atoms with Crippen molar-refractivity contribution in [2.45, 2.75) is 37.2 Å². The molecule has 4 rings (SSSR count). The van der Waals surface area contributed by atoms with Crippen molar-refractivity contribution in [2.75, 3.05) is 19.5 Å². The van der Waals surface area contributed by atoms with Crippen LogP contribution in [0.3, 0.4) is 0 Å².